The minimum absolute atomic E-state index is 0.205. The highest BCUT2D eigenvalue weighted by molar-refractivity contribution is 5.74. The van der Waals surface area contributed by atoms with E-state index in [9.17, 15) is 4.79 Å². The molecule has 0 atom stereocenters. The standard InChI is InChI=1S/C27H35NO6/c1-30-23-13-14-24(31-2)22-18-20(10-11-21(22)23)34-27(29)8-6-16-28-15-5-7-19-9-12-25(32-3)26(17-19)33-4/h9,12-14,17-18,28H,5-8,10-11,15-16H2,1-4H3. The van der Waals surface area contributed by atoms with Gasteiger partial charge < -0.3 is 29.0 Å². The number of benzene rings is 2. The molecule has 34 heavy (non-hydrogen) atoms. The quantitative estimate of drug-likeness (QED) is 0.341. The number of esters is 1. The van der Waals surface area contributed by atoms with Crippen LogP contribution >= 0.6 is 0 Å². The van der Waals surface area contributed by atoms with Crippen molar-refractivity contribution in [3.63, 3.8) is 0 Å². The molecule has 7 heteroatoms. The third-order valence-corrected chi connectivity index (χ3v) is 5.89. The second kappa shape index (κ2) is 12.9. The van der Waals surface area contributed by atoms with E-state index in [-0.39, 0.29) is 5.97 Å². The monoisotopic (exact) mass is 469 g/mol. The van der Waals surface area contributed by atoms with Gasteiger partial charge in [0.25, 0.3) is 0 Å². The van der Waals surface area contributed by atoms with E-state index in [0.29, 0.717) is 18.6 Å². The van der Waals surface area contributed by atoms with E-state index >= 15 is 0 Å². The second-order valence-electron chi connectivity index (χ2n) is 8.09. The number of ether oxygens (including phenoxy) is 5. The van der Waals surface area contributed by atoms with Crippen molar-refractivity contribution in [1.29, 1.82) is 0 Å². The molecule has 3 rings (SSSR count). The molecular formula is C27H35NO6. The Morgan fingerprint density at radius 2 is 1.50 bits per heavy atom. The van der Waals surface area contributed by atoms with Gasteiger partial charge in [0, 0.05) is 24.0 Å². The van der Waals surface area contributed by atoms with Crippen molar-refractivity contribution in [1.82, 2.24) is 5.32 Å². The maximum Gasteiger partial charge on any atom is 0.310 e. The predicted octanol–water partition coefficient (Wildman–Crippen LogP) is 4.55. The van der Waals surface area contributed by atoms with Crippen molar-refractivity contribution in [2.45, 2.75) is 38.5 Å². The molecule has 0 bridgehead atoms. The van der Waals surface area contributed by atoms with Gasteiger partial charge >= 0.3 is 5.97 Å². The topological polar surface area (TPSA) is 75.3 Å². The maximum absolute atomic E-state index is 12.3. The number of hydrogen-bond donors (Lipinski definition) is 1. The lowest BCUT2D eigenvalue weighted by atomic mass is 9.94. The summed E-state index contributed by atoms with van der Waals surface area (Å²) >= 11 is 0. The minimum atomic E-state index is -0.205. The average molecular weight is 470 g/mol. The normalized spacial score (nSPS) is 12.4. The van der Waals surface area contributed by atoms with E-state index in [1.807, 2.05) is 30.3 Å². The van der Waals surface area contributed by atoms with Gasteiger partial charge in [0.1, 0.15) is 17.3 Å². The third-order valence-electron chi connectivity index (χ3n) is 5.89. The first-order valence-corrected chi connectivity index (χ1v) is 11.7. The summed E-state index contributed by atoms with van der Waals surface area (Å²) in [4.78, 5) is 12.3. The van der Waals surface area contributed by atoms with Crippen LogP contribution in [0.3, 0.4) is 0 Å². The molecule has 0 aliphatic heterocycles. The molecule has 1 aliphatic carbocycles. The fourth-order valence-corrected chi connectivity index (χ4v) is 4.10. The summed E-state index contributed by atoms with van der Waals surface area (Å²) in [6.45, 7) is 1.65. The molecule has 0 heterocycles. The molecule has 7 nitrogen and oxygen atoms in total. The summed E-state index contributed by atoms with van der Waals surface area (Å²) in [7, 11) is 6.57. The molecule has 0 aromatic heterocycles. The van der Waals surface area contributed by atoms with Crippen molar-refractivity contribution in [3.05, 3.63) is 52.8 Å². The van der Waals surface area contributed by atoms with Gasteiger partial charge in [0.2, 0.25) is 0 Å². The zero-order valence-corrected chi connectivity index (χ0v) is 20.6. The Balaban J connectivity index is 1.37. The Hall–Kier alpha value is -3.19. The highest BCUT2D eigenvalue weighted by Crippen LogP contribution is 2.37. The van der Waals surface area contributed by atoms with E-state index < -0.39 is 0 Å². The fourth-order valence-electron chi connectivity index (χ4n) is 4.10. The van der Waals surface area contributed by atoms with Gasteiger partial charge in [-0.15, -0.1) is 0 Å². The Morgan fingerprint density at radius 3 is 2.24 bits per heavy atom. The van der Waals surface area contributed by atoms with E-state index in [0.717, 1.165) is 72.9 Å². The van der Waals surface area contributed by atoms with Crippen molar-refractivity contribution >= 4 is 12.0 Å². The van der Waals surface area contributed by atoms with Crippen molar-refractivity contribution in [3.8, 4) is 23.0 Å². The van der Waals surface area contributed by atoms with Crippen molar-refractivity contribution < 1.29 is 28.5 Å². The molecule has 2 aromatic rings. The minimum Gasteiger partial charge on any atom is -0.496 e. The van der Waals surface area contributed by atoms with Gasteiger partial charge in [0.05, 0.1) is 28.4 Å². The lowest BCUT2D eigenvalue weighted by molar-refractivity contribution is -0.139. The first-order chi connectivity index (χ1) is 16.6. The first-order valence-electron chi connectivity index (χ1n) is 11.7. The summed E-state index contributed by atoms with van der Waals surface area (Å²) in [5, 5.41) is 3.40. The van der Waals surface area contributed by atoms with Crippen LogP contribution in [-0.4, -0.2) is 47.5 Å². The molecule has 0 spiro atoms. The van der Waals surface area contributed by atoms with Crippen LogP contribution in [0.2, 0.25) is 0 Å². The van der Waals surface area contributed by atoms with Gasteiger partial charge in [-0.05, 0) is 74.7 Å². The molecule has 1 aliphatic rings. The second-order valence-corrected chi connectivity index (χ2v) is 8.09. The predicted molar refractivity (Wildman–Crippen MR) is 132 cm³/mol. The smallest absolute Gasteiger partial charge is 0.310 e. The highest BCUT2D eigenvalue weighted by atomic mass is 16.5. The van der Waals surface area contributed by atoms with Gasteiger partial charge in [-0.3, -0.25) is 4.79 Å². The lowest BCUT2D eigenvalue weighted by Gasteiger charge is -2.20. The van der Waals surface area contributed by atoms with Crippen molar-refractivity contribution in [2.75, 3.05) is 41.5 Å². The van der Waals surface area contributed by atoms with Crippen LogP contribution in [0, 0.1) is 0 Å². The van der Waals surface area contributed by atoms with Gasteiger partial charge in [0.15, 0.2) is 11.5 Å². The van der Waals surface area contributed by atoms with Crippen molar-refractivity contribution in [2.24, 2.45) is 0 Å². The Morgan fingerprint density at radius 1 is 0.824 bits per heavy atom. The molecule has 0 radical (unpaired) electrons. The molecule has 0 saturated heterocycles. The summed E-state index contributed by atoms with van der Waals surface area (Å²) in [6, 6.07) is 9.78. The van der Waals surface area contributed by atoms with Crippen LogP contribution < -0.4 is 24.3 Å². The number of fused-ring (bicyclic) bond motifs is 1. The Bertz CT molecular complexity index is 1000. The number of hydrogen-bond acceptors (Lipinski definition) is 7. The van der Waals surface area contributed by atoms with E-state index in [1.165, 1.54) is 5.56 Å². The van der Waals surface area contributed by atoms with E-state index in [4.69, 9.17) is 23.7 Å². The highest BCUT2D eigenvalue weighted by Gasteiger charge is 2.20. The molecule has 184 valence electrons. The molecular weight excluding hydrogens is 434 g/mol. The number of nitrogens with one attached hydrogen (secondary N) is 1. The SMILES string of the molecule is COc1ccc(CCCNCCCC(=O)OC2=Cc3c(OC)ccc(OC)c3CC2)cc1OC. The first kappa shape index (κ1) is 25.4. The number of carbonyl (C=O) groups excluding carboxylic acids is 1. The zero-order valence-electron chi connectivity index (χ0n) is 20.6. The average Bonchev–Trinajstić information content (AvgIpc) is 2.87. The van der Waals surface area contributed by atoms with Crippen LogP contribution in [0.4, 0.5) is 0 Å². The van der Waals surface area contributed by atoms with Crippen LogP contribution in [0.1, 0.15) is 42.4 Å². The summed E-state index contributed by atoms with van der Waals surface area (Å²) in [6.07, 6.45) is 6.35. The molecule has 1 N–H and O–H groups in total. The van der Waals surface area contributed by atoms with Gasteiger partial charge in [-0.25, -0.2) is 0 Å². The molecule has 0 saturated carbocycles. The molecule has 0 fully saturated rings. The zero-order chi connectivity index (χ0) is 24.3. The molecule has 2 aromatic carbocycles. The Kier molecular flexibility index (Phi) is 9.64. The number of aryl methyl sites for hydroxylation is 1. The number of rotatable bonds is 13. The van der Waals surface area contributed by atoms with Gasteiger partial charge in [-0.2, -0.15) is 0 Å². The van der Waals surface area contributed by atoms with E-state index in [2.05, 4.69) is 11.4 Å². The largest absolute Gasteiger partial charge is 0.496 e. The Labute approximate surface area is 202 Å². The van der Waals surface area contributed by atoms with Crippen LogP contribution in [0.5, 0.6) is 23.0 Å². The number of methoxy groups -OCH3 is 4. The summed E-state index contributed by atoms with van der Waals surface area (Å²) in [5.74, 6) is 3.54. The summed E-state index contributed by atoms with van der Waals surface area (Å²) < 4.78 is 27.2. The number of allylic oxidation sites excluding steroid dienone is 1. The molecule has 0 unspecified atom stereocenters. The maximum atomic E-state index is 12.3. The van der Waals surface area contributed by atoms with Crippen LogP contribution in [-0.2, 0) is 22.4 Å². The van der Waals surface area contributed by atoms with E-state index in [1.54, 1.807) is 28.4 Å². The molecule has 0 amide bonds. The summed E-state index contributed by atoms with van der Waals surface area (Å²) in [5.41, 5.74) is 3.21. The van der Waals surface area contributed by atoms with Crippen LogP contribution in [0.15, 0.2) is 36.1 Å². The third kappa shape index (κ3) is 6.67. The van der Waals surface area contributed by atoms with Crippen LogP contribution in [0.25, 0.3) is 6.08 Å². The lowest BCUT2D eigenvalue weighted by Crippen LogP contribution is -2.18. The van der Waals surface area contributed by atoms with Gasteiger partial charge in [-0.1, -0.05) is 6.07 Å². The fraction of sp³-hybridized carbons (Fsp3) is 0.444. The number of carbonyl (C=O) groups is 1.